The van der Waals surface area contributed by atoms with E-state index in [-0.39, 0.29) is 18.2 Å². The van der Waals surface area contributed by atoms with E-state index >= 15 is 0 Å². The molecule has 0 aliphatic carbocycles. The molecule has 2 aromatic carbocycles. The van der Waals surface area contributed by atoms with E-state index < -0.39 is 0 Å². The average Bonchev–Trinajstić information content (AvgIpc) is 3.16. The Hall–Kier alpha value is -3.13. The first-order valence-electron chi connectivity index (χ1n) is 8.36. The Morgan fingerprint density at radius 1 is 1.22 bits per heavy atom. The molecule has 0 saturated carbocycles. The summed E-state index contributed by atoms with van der Waals surface area (Å²) in [6.45, 7) is 3.92. The first-order chi connectivity index (χ1) is 13.0. The van der Waals surface area contributed by atoms with Crippen LogP contribution < -0.4 is 4.90 Å². The number of H-pyrrole nitrogens is 1. The van der Waals surface area contributed by atoms with Crippen molar-refractivity contribution < 1.29 is 9.90 Å². The van der Waals surface area contributed by atoms with Crippen LogP contribution in [0.15, 0.2) is 46.2 Å². The molecule has 8 heteroatoms. The van der Waals surface area contributed by atoms with Gasteiger partial charge in [-0.15, -0.1) is 10.2 Å². The van der Waals surface area contributed by atoms with Gasteiger partial charge in [0.25, 0.3) is 5.91 Å². The van der Waals surface area contributed by atoms with Gasteiger partial charge in [0.1, 0.15) is 5.75 Å². The standard InChI is InChI=1S/C19H17N5O2S/c1-11-7-13(8-12(2)18(11)25)9-16-19(26)24(10-17-20-22-23-21-17)14-5-3-4-6-15(14)27-16/h3-9,25H,10H2,1-2H3,(H,20,21,22,23)/b16-9-. The van der Waals surface area contributed by atoms with Crippen molar-refractivity contribution in [2.75, 3.05) is 4.90 Å². The molecule has 0 fully saturated rings. The number of benzene rings is 2. The Balaban J connectivity index is 1.76. The summed E-state index contributed by atoms with van der Waals surface area (Å²) in [6, 6.07) is 11.5. The molecule has 0 saturated heterocycles. The Labute approximate surface area is 160 Å². The molecule has 1 aromatic heterocycles. The number of tetrazole rings is 1. The van der Waals surface area contributed by atoms with Crippen LogP contribution in [0.25, 0.3) is 6.08 Å². The number of phenolic OH excluding ortho intramolecular Hbond substituents is 1. The highest BCUT2D eigenvalue weighted by atomic mass is 32.2. The fourth-order valence-electron chi connectivity index (χ4n) is 3.03. The van der Waals surface area contributed by atoms with Crippen LogP contribution in [-0.2, 0) is 11.3 Å². The number of hydrogen-bond donors (Lipinski definition) is 2. The molecule has 2 N–H and O–H groups in total. The van der Waals surface area contributed by atoms with Crippen molar-refractivity contribution in [2.24, 2.45) is 0 Å². The summed E-state index contributed by atoms with van der Waals surface area (Å²) in [7, 11) is 0. The highest BCUT2D eigenvalue weighted by molar-refractivity contribution is 8.04. The zero-order valence-electron chi connectivity index (χ0n) is 14.8. The van der Waals surface area contributed by atoms with Gasteiger partial charge in [-0.2, -0.15) is 5.21 Å². The fourth-order valence-corrected chi connectivity index (χ4v) is 4.09. The molecule has 0 bridgehead atoms. The molecule has 0 atom stereocenters. The van der Waals surface area contributed by atoms with Crippen molar-refractivity contribution in [3.63, 3.8) is 0 Å². The number of para-hydroxylation sites is 1. The van der Waals surface area contributed by atoms with Crippen molar-refractivity contribution in [1.82, 2.24) is 20.6 Å². The number of carbonyl (C=O) groups is 1. The summed E-state index contributed by atoms with van der Waals surface area (Å²) >= 11 is 1.44. The predicted molar refractivity (Wildman–Crippen MR) is 103 cm³/mol. The maximum Gasteiger partial charge on any atom is 0.265 e. The van der Waals surface area contributed by atoms with Gasteiger partial charge in [0.2, 0.25) is 0 Å². The summed E-state index contributed by atoms with van der Waals surface area (Å²) in [5, 5.41) is 23.9. The summed E-state index contributed by atoms with van der Waals surface area (Å²) in [5.41, 5.74) is 3.25. The molecule has 3 aromatic rings. The lowest BCUT2D eigenvalue weighted by Crippen LogP contribution is -2.34. The lowest BCUT2D eigenvalue weighted by Gasteiger charge is -2.29. The maximum atomic E-state index is 13.2. The molecule has 1 aliphatic rings. The number of hydrogen-bond acceptors (Lipinski definition) is 6. The number of carbonyl (C=O) groups excluding carboxylic acids is 1. The van der Waals surface area contributed by atoms with Crippen LogP contribution in [0.1, 0.15) is 22.5 Å². The molecule has 1 amide bonds. The Morgan fingerprint density at radius 2 is 1.96 bits per heavy atom. The Morgan fingerprint density at radius 3 is 2.67 bits per heavy atom. The minimum Gasteiger partial charge on any atom is -0.507 e. The van der Waals surface area contributed by atoms with Gasteiger partial charge >= 0.3 is 0 Å². The van der Waals surface area contributed by atoms with Crippen molar-refractivity contribution >= 4 is 29.4 Å². The van der Waals surface area contributed by atoms with E-state index in [0.717, 1.165) is 27.3 Å². The largest absolute Gasteiger partial charge is 0.507 e. The molecule has 7 nitrogen and oxygen atoms in total. The zero-order valence-corrected chi connectivity index (χ0v) is 15.6. The van der Waals surface area contributed by atoms with E-state index in [1.165, 1.54) is 11.8 Å². The summed E-state index contributed by atoms with van der Waals surface area (Å²) in [5.74, 6) is 0.608. The number of nitrogens with one attached hydrogen (secondary N) is 1. The van der Waals surface area contributed by atoms with Gasteiger partial charge in [0.15, 0.2) is 5.82 Å². The first kappa shape index (κ1) is 17.3. The first-order valence-corrected chi connectivity index (χ1v) is 9.17. The summed E-state index contributed by atoms with van der Waals surface area (Å²) in [4.78, 5) is 16.4. The van der Waals surface area contributed by atoms with Gasteiger partial charge in [-0.1, -0.05) is 29.1 Å². The van der Waals surface area contributed by atoms with E-state index in [4.69, 9.17) is 0 Å². The van der Waals surface area contributed by atoms with Crippen LogP contribution in [0.4, 0.5) is 5.69 Å². The number of aromatic amines is 1. The van der Waals surface area contributed by atoms with E-state index in [1.807, 2.05) is 56.3 Å². The molecule has 2 heterocycles. The zero-order chi connectivity index (χ0) is 19.0. The lowest BCUT2D eigenvalue weighted by atomic mass is 10.1. The van der Waals surface area contributed by atoms with Crippen LogP contribution in [0.2, 0.25) is 0 Å². The number of nitrogens with zero attached hydrogens (tertiary/aromatic N) is 4. The number of rotatable bonds is 3. The minimum absolute atomic E-state index is 0.119. The molecule has 0 unspecified atom stereocenters. The topological polar surface area (TPSA) is 95.0 Å². The Kier molecular flexibility index (Phi) is 4.41. The number of fused-ring (bicyclic) bond motifs is 1. The van der Waals surface area contributed by atoms with Gasteiger partial charge < -0.3 is 5.11 Å². The molecule has 4 rings (SSSR count). The van der Waals surface area contributed by atoms with Crippen molar-refractivity contribution in [3.8, 4) is 5.75 Å². The van der Waals surface area contributed by atoms with Crippen LogP contribution in [0, 0.1) is 13.8 Å². The van der Waals surface area contributed by atoms with Crippen molar-refractivity contribution in [3.05, 3.63) is 63.8 Å². The van der Waals surface area contributed by atoms with Gasteiger partial charge in [-0.25, -0.2) is 0 Å². The van der Waals surface area contributed by atoms with Crippen LogP contribution in [0.5, 0.6) is 5.75 Å². The number of anilines is 1. The second kappa shape index (κ2) is 6.88. The van der Waals surface area contributed by atoms with Gasteiger partial charge in [0.05, 0.1) is 17.1 Å². The van der Waals surface area contributed by atoms with Crippen LogP contribution in [-0.4, -0.2) is 31.6 Å². The van der Waals surface area contributed by atoms with Crippen molar-refractivity contribution in [1.29, 1.82) is 0 Å². The molecular formula is C19H17N5O2S. The molecular weight excluding hydrogens is 362 g/mol. The van der Waals surface area contributed by atoms with Gasteiger partial charge in [0, 0.05) is 4.90 Å². The summed E-state index contributed by atoms with van der Waals surface area (Å²) < 4.78 is 0. The number of amides is 1. The fraction of sp³-hybridized carbons (Fsp3) is 0.158. The maximum absolute atomic E-state index is 13.2. The predicted octanol–water partition coefficient (Wildman–Crippen LogP) is 3.20. The second-order valence-corrected chi connectivity index (χ2v) is 7.38. The van der Waals surface area contributed by atoms with E-state index in [0.29, 0.717) is 10.7 Å². The minimum atomic E-state index is -0.119. The van der Waals surface area contributed by atoms with E-state index in [1.54, 1.807) is 4.90 Å². The lowest BCUT2D eigenvalue weighted by molar-refractivity contribution is -0.114. The third kappa shape index (κ3) is 3.31. The highest BCUT2D eigenvalue weighted by Gasteiger charge is 2.30. The third-order valence-corrected chi connectivity index (χ3v) is 5.41. The normalized spacial score (nSPS) is 15.3. The molecule has 0 spiro atoms. The number of aromatic hydroxyl groups is 1. The summed E-state index contributed by atoms with van der Waals surface area (Å²) in [6.07, 6.45) is 1.85. The molecule has 136 valence electrons. The van der Waals surface area contributed by atoms with Gasteiger partial charge in [-0.3, -0.25) is 9.69 Å². The van der Waals surface area contributed by atoms with Gasteiger partial charge in [-0.05, 0) is 60.9 Å². The molecule has 27 heavy (non-hydrogen) atoms. The number of aromatic nitrogens is 4. The van der Waals surface area contributed by atoms with E-state index in [2.05, 4.69) is 20.6 Å². The SMILES string of the molecule is Cc1cc(/C=C2\Sc3ccccc3N(Cc3nn[nH]n3)C2=O)cc(C)c1O. The molecule has 0 radical (unpaired) electrons. The second-order valence-electron chi connectivity index (χ2n) is 6.30. The van der Waals surface area contributed by atoms with Crippen LogP contribution >= 0.6 is 11.8 Å². The smallest absolute Gasteiger partial charge is 0.265 e. The quantitative estimate of drug-likeness (QED) is 0.679. The third-order valence-electron chi connectivity index (χ3n) is 4.33. The average molecular weight is 379 g/mol. The molecule has 1 aliphatic heterocycles. The number of aryl methyl sites for hydroxylation is 2. The highest BCUT2D eigenvalue weighted by Crippen LogP contribution is 2.42. The number of thioether (sulfide) groups is 1. The van der Waals surface area contributed by atoms with E-state index in [9.17, 15) is 9.90 Å². The number of phenols is 1. The van der Waals surface area contributed by atoms with Crippen molar-refractivity contribution in [2.45, 2.75) is 25.3 Å². The Bertz CT molecular complexity index is 1020. The van der Waals surface area contributed by atoms with Crippen LogP contribution in [0.3, 0.4) is 0 Å². The monoisotopic (exact) mass is 379 g/mol.